The van der Waals surface area contributed by atoms with Gasteiger partial charge >= 0.3 is 7.48 Å². The second-order valence-electron chi connectivity index (χ2n) is 8.29. The van der Waals surface area contributed by atoms with Crippen molar-refractivity contribution < 1.29 is 5.02 Å². The van der Waals surface area contributed by atoms with Crippen LogP contribution in [0.4, 0.5) is 0 Å². The molecule has 0 aromatic heterocycles. The first kappa shape index (κ1) is 18.9. The van der Waals surface area contributed by atoms with Crippen molar-refractivity contribution >= 4 is 45.3 Å². The van der Waals surface area contributed by atoms with Gasteiger partial charge in [0.15, 0.2) is 0 Å². The number of benzene rings is 6. The predicted molar refractivity (Wildman–Crippen MR) is 139 cm³/mol. The minimum atomic E-state index is 0.0548. The lowest BCUT2D eigenvalue weighted by Gasteiger charge is -2.12. The van der Waals surface area contributed by atoms with Crippen molar-refractivity contribution in [2.24, 2.45) is 0 Å². The van der Waals surface area contributed by atoms with Crippen molar-refractivity contribution in [3.63, 3.8) is 0 Å². The number of hydrogen-bond acceptors (Lipinski definition) is 1. The molecule has 0 saturated heterocycles. The van der Waals surface area contributed by atoms with E-state index in [9.17, 15) is 5.02 Å². The van der Waals surface area contributed by atoms with Crippen LogP contribution >= 0.6 is 0 Å². The molecule has 0 fully saturated rings. The zero-order valence-corrected chi connectivity index (χ0v) is 17.6. The van der Waals surface area contributed by atoms with E-state index in [2.05, 4.69) is 103 Å². The molecule has 6 aromatic rings. The molecule has 0 unspecified atom stereocenters. The van der Waals surface area contributed by atoms with Gasteiger partial charge in [-0.25, -0.2) is 0 Å². The molecule has 0 aliphatic heterocycles. The fourth-order valence-electron chi connectivity index (χ4n) is 4.81. The maximum absolute atomic E-state index is 9.50. The number of rotatable bonds is 3. The summed E-state index contributed by atoms with van der Waals surface area (Å²) in [5.41, 5.74) is 5.60. The van der Waals surface area contributed by atoms with E-state index in [-0.39, 0.29) is 7.48 Å². The summed E-state index contributed by atoms with van der Waals surface area (Å²) in [6, 6.07) is 40.9. The third-order valence-electron chi connectivity index (χ3n) is 6.38. The van der Waals surface area contributed by atoms with Crippen LogP contribution in [0.25, 0.3) is 54.6 Å². The Bertz CT molecular complexity index is 1580. The Labute approximate surface area is 187 Å². The van der Waals surface area contributed by atoms with Gasteiger partial charge in [0.25, 0.3) is 0 Å². The van der Waals surface area contributed by atoms with Crippen molar-refractivity contribution in [3.05, 3.63) is 115 Å². The second-order valence-corrected chi connectivity index (χ2v) is 8.29. The molecule has 6 aromatic carbocycles. The van der Waals surface area contributed by atoms with Crippen LogP contribution in [0.15, 0.2) is 115 Å². The van der Waals surface area contributed by atoms with Gasteiger partial charge < -0.3 is 5.02 Å². The van der Waals surface area contributed by atoms with Gasteiger partial charge in [-0.1, -0.05) is 109 Å². The van der Waals surface area contributed by atoms with Gasteiger partial charge in [0.1, 0.15) is 0 Å². The number of hydrogen-bond donors (Lipinski definition) is 1. The van der Waals surface area contributed by atoms with Gasteiger partial charge in [-0.05, 0) is 66.7 Å². The van der Waals surface area contributed by atoms with Gasteiger partial charge in [-0.3, -0.25) is 0 Å². The first-order chi connectivity index (χ1) is 15.8. The molecule has 0 aliphatic carbocycles. The molecule has 0 aliphatic rings. The van der Waals surface area contributed by atoms with Gasteiger partial charge in [-0.2, -0.15) is 0 Å². The molecule has 2 heteroatoms. The van der Waals surface area contributed by atoms with Crippen molar-refractivity contribution in [1.82, 2.24) is 0 Å². The molecule has 150 valence electrons. The van der Waals surface area contributed by atoms with E-state index in [1.165, 1.54) is 43.4 Å². The summed E-state index contributed by atoms with van der Waals surface area (Å²) in [5, 5.41) is 17.2. The van der Waals surface area contributed by atoms with Crippen LogP contribution < -0.4 is 5.46 Å². The average Bonchev–Trinajstić information content (AvgIpc) is 2.88. The minimum Gasteiger partial charge on any atom is -0.449 e. The standard InChI is InChI=1S/C30H21BO/c32-31-24-10-6-9-22(18-24)20-7-5-8-21(17-20)23-15-16-29-27-13-2-1-11-25(27)26-12-3-4-14-28(26)30(29)19-23/h1-19,31-32H. The topological polar surface area (TPSA) is 20.2 Å². The summed E-state index contributed by atoms with van der Waals surface area (Å²) in [5.74, 6) is 0. The average molecular weight is 408 g/mol. The molecule has 1 N–H and O–H groups in total. The van der Waals surface area contributed by atoms with Crippen LogP contribution in [0.2, 0.25) is 0 Å². The Hall–Kier alpha value is -3.88. The van der Waals surface area contributed by atoms with E-state index in [1.807, 2.05) is 12.1 Å². The van der Waals surface area contributed by atoms with Gasteiger partial charge in [0.05, 0.1) is 0 Å². The van der Waals surface area contributed by atoms with E-state index in [0.29, 0.717) is 0 Å². The monoisotopic (exact) mass is 408 g/mol. The van der Waals surface area contributed by atoms with E-state index >= 15 is 0 Å². The third kappa shape index (κ3) is 3.08. The van der Waals surface area contributed by atoms with Crippen LogP contribution in [-0.4, -0.2) is 12.5 Å². The number of fused-ring (bicyclic) bond motifs is 6. The molecule has 32 heavy (non-hydrogen) atoms. The molecular formula is C30H21BO. The fourth-order valence-corrected chi connectivity index (χ4v) is 4.81. The van der Waals surface area contributed by atoms with Gasteiger partial charge in [-0.15, -0.1) is 0 Å². The lowest BCUT2D eigenvalue weighted by molar-refractivity contribution is 0.615. The molecule has 0 bridgehead atoms. The van der Waals surface area contributed by atoms with E-state index in [4.69, 9.17) is 0 Å². The quantitative estimate of drug-likeness (QED) is 0.264. The maximum Gasteiger partial charge on any atom is 0.304 e. The van der Waals surface area contributed by atoms with Crippen LogP contribution in [0, 0.1) is 0 Å². The highest BCUT2D eigenvalue weighted by molar-refractivity contribution is 6.45. The molecule has 1 nitrogen and oxygen atoms in total. The zero-order chi connectivity index (χ0) is 21.5. The normalized spacial score (nSPS) is 11.3. The predicted octanol–water partition coefficient (Wildman–Crippen LogP) is 6.45. The lowest BCUT2D eigenvalue weighted by Crippen LogP contribution is -2.12. The summed E-state index contributed by atoms with van der Waals surface area (Å²) in [7, 11) is 0.0548. The Kier molecular flexibility index (Phi) is 4.52. The van der Waals surface area contributed by atoms with Crippen LogP contribution in [0.3, 0.4) is 0 Å². The van der Waals surface area contributed by atoms with Crippen molar-refractivity contribution in [1.29, 1.82) is 0 Å². The van der Waals surface area contributed by atoms with E-state index in [0.717, 1.165) is 16.6 Å². The summed E-state index contributed by atoms with van der Waals surface area (Å²) >= 11 is 0. The van der Waals surface area contributed by atoms with Gasteiger partial charge in [0.2, 0.25) is 0 Å². The molecule has 0 radical (unpaired) electrons. The lowest BCUT2D eigenvalue weighted by atomic mass is 9.86. The highest BCUT2D eigenvalue weighted by atomic mass is 16.2. The first-order valence-electron chi connectivity index (χ1n) is 11.0. The van der Waals surface area contributed by atoms with Crippen LogP contribution in [0.1, 0.15) is 0 Å². The Balaban J connectivity index is 1.57. The molecular weight excluding hydrogens is 387 g/mol. The molecule has 0 spiro atoms. The fraction of sp³-hybridized carbons (Fsp3) is 0. The van der Waals surface area contributed by atoms with Gasteiger partial charge in [0, 0.05) is 0 Å². The van der Waals surface area contributed by atoms with Crippen LogP contribution in [-0.2, 0) is 0 Å². The smallest absolute Gasteiger partial charge is 0.304 e. The van der Waals surface area contributed by atoms with E-state index < -0.39 is 0 Å². The Morgan fingerprint density at radius 3 is 1.44 bits per heavy atom. The minimum absolute atomic E-state index is 0.0548. The highest BCUT2D eigenvalue weighted by Gasteiger charge is 2.10. The van der Waals surface area contributed by atoms with Crippen molar-refractivity contribution in [2.45, 2.75) is 0 Å². The summed E-state index contributed by atoms with van der Waals surface area (Å²) in [6.07, 6.45) is 0. The van der Waals surface area contributed by atoms with Crippen LogP contribution in [0.5, 0.6) is 0 Å². The van der Waals surface area contributed by atoms with Crippen molar-refractivity contribution in [2.75, 3.05) is 0 Å². The molecule has 0 heterocycles. The van der Waals surface area contributed by atoms with E-state index in [1.54, 1.807) is 0 Å². The molecule has 0 saturated carbocycles. The molecule has 0 amide bonds. The molecule has 0 atom stereocenters. The largest absolute Gasteiger partial charge is 0.449 e. The maximum atomic E-state index is 9.50. The summed E-state index contributed by atoms with van der Waals surface area (Å²) in [6.45, 7) is 0. The Morgan fingerprint density at radius 1 is 0.375 bits per heavy atom. The van der Waals surface area contributed by atoms with Crippen molar-refractivity contribution in [3.8, 4) is 22.3 Å². The summed E-state index contributed by atoms with van der Waals surface area (Å²) in [4.78, 5) is 0. The third-order valence-corrected chi connectivity index (χ3v) is 6.38. The Morgan fingerprint density at radius 2 is 0.844 bits per heavy atom. The second kappa shape index (κ2) is 7.67. The SMILES string of the molecule is OBc1cccc(-c2cccc(-c3ccc4c5ccccc5c5ccccc5c4c3)c2)c1. The molecule has 6 rings (SSSR count). The summed E-state index contributed by atoms with van der Waals surface area (Å²) < 4.78 is 0. The highest BCUT2D eigenvalue weighted by Crippen LogP contribution is 2.37. The zero-order valence-electron chi connectivity index (χ0n) is 17.6. The first-order valence-corrected chi connectivity index (χ1v) is 11.0.